The van der Waals surface area contributed by atoms with Gasteiger partial charge in [0, 0.05) is 5.38 Å². The second-order valence-corrected chi connectivity index (χ2v) is 2.74. The smallest absolute Gasteiger partial charge is 0.265 e. The van der Waals surface area contributed by atoms with Gasteiger partial charge in [0.15, 0.2) is 12.3 Å². The summed E-state index contributed by atoms with van der Waals surface area (Å²) >= 11 is 0.907. The van der Waals surface area contributed by atoms with E-state index in [9.17, 15) is 18.0 Å². The Morgan fingerprint density at radius 3 is 2.86 bits per heavy atom. The zero-order chi connectivity index (χ0) is 10.6. The predicted molar refractivity (Wildman–Crippen MR) is 39.4 cm³/mol. The fraction of sp³-hybridized carbons (Fsp3) is 0.400. The average Bonchev–Trinajstić information content (AvgIpc) is 2.53. The first-order valence-electron chi connectivity index (χ1n) is 3.25. The molecule has 0 radical (unpaired) electrons. The number of nitrogens with one attached hydrogen (secondary N) is 1. The van der Waals surface area contributed by atoms with Crippen molar-refractivity contribution < 1.29 is 22.8 Å². The van der Waals surface area contributed by atoms with Crippen LogP contribution in [0.15, 0.2) is 5.38 Å². The van der Waals surface area contributed by atoms with Crippen molar-refractivity contribution in [2.45, 2.75) is 6.18 Å². The minimum atomic E-state index is -4.48. The largest absolute Gasteiger partial charge is 0.414 e. The van der Waals surface area contributed by atoms with E-state index in [2.05, 4.69) is 14.4 Å². The van der Waals surface area contributed by atoms with Gasteiger partial charge in [-0.25, -0.2) is 5.48 Å². The number of amides is 1. The Balaban J connectivity index is 2.30. The molecule has 0 aromatic carbocycles. The zero-order valence-corrected chi connectivity index (χ0v) is 7.35. The molecule has 78 valence electrons. The van der Waals surface area contributed by atoms with E-state index >= 15 is 0 Å². The van der Waals surface area contributed by atoms with E-state index in [-0.39, 0.29) is 5.69 Å². The molecule has 1 aromatic heterocycles. The number of carbonyl (C=O) groups excluding carboxylic acids is 1. The quantitative estimate of drug-likeness (QED) is 0.774. The van der Waals surface area contributed by atoms with Crippen LogP contribution < -0.4 is 5.48 Å². The van der Waals surface area contributed by atoms with Gasteiger partial charge in [-0.05, 0) is 11.5 Å². The first-order chi connectivity index (χ1) is 6.49. The summed E-state index contributed by atoms with van der Waals surface area (Å²) < 4.78 is 38.0. The predicted octanol–water partition coefficient (Wildman–Crippen LogP) is 0.762. The topological polar surface area (TPSA) is 64.1 Å². The second-order valence-electron chi connectivity index (χ2n) is 2.13. The maximum atomic E-state index is 11.5. The maximum absolute atomic E-state index is 11.5. The summed E-state index contributed by atoms with van der Waals surface area (Å²) in [5.41, 5.74) is 1.50. The molecule has 0 aliphatic rings. The third-order valence-electron chi connectivity index (χ3n) is 0.993. The van der Waals surface area contributed by atoms with Gasteiger partial charge in [0.2, 0.25) is 0 Å². The van der Waals surface area contributed by atoms with Crippen molar-refractivity contribution in [2.75, 3.05) is 6.61 Å². The van der Waals surface area contributed by atoms with Crippen LogP contribution in [0.4, 0.5) is 13.2 Å². The third kappa shape index (κ3) is 3.66. The average molecular weight is 227 g/mol. The van der Waals surface area contributed by atoms with E-state index in [1.807, 2.05) is 0 Å². The molecule has 0 unspecified atom stereocenters. The standard InChI is InChI=1S/C5H4F3N3O2S/c6-5(7,8)2-13-10-4(12)3-1-14-11-9-3/h1H,2H2,(H,10,12). The molecular weight excluding hydrogens is 223 g/mol. The Kier molecular flexibility index (Phi) is 3.36. The number of carbonyl (C=O) groups is 1. The summed E-state index contributed by atoms with van der Waals surface area (Å²) in [4.78, 5) is 14.8. The van der Waals surface area contributed by atoms with Crippen LogP contribution >= 0.6 is 11.5 Å². The van der Waals surface area contributed by atoms with Crippen LogP contribution in [-0.2, 0) is 4.84 Å². The van der Waals surface area contributed by atoms with Crippen LogP contribution in [0.1, 0.15) is 10.5 Å². The molecule has 14 heavy (non-hydrogen) atoms. The Hall–Kier alpha value is -1.22. The van der Waals surface area contributed by atoms with Crippen LogP contribution in [-0.4, -0.2) is 28.3 Å². The summed E-state index contributed by atoms with van der Waals surface area (Å²) in [6.45, 7) is -1.55. The van der Waals surface area contributed by atoms with Crippen LogP contribution in [0.5, 0.6) is 0 Å². The third-order valence-corrected chi connectivity index (χ3v) is 1.50. The summed E-state index contributed by atoms with van der Waals surface area (Å²) in [6.07, 6.45) is -4.48. The van der Waals surface area contributed by atoms with Gasteiger partial charge in [-0.3, -0.25) is 9.63 Å². The molecule has 0 bridgehead atoms. The summed E-state index contributed by atoms with van der Waals surface area (Å²) in [5, 5.41) is 4.61. The SMILES string of the molecule is O=C(NOCC(F)(F)F)c1csnn1. The van der Waals surface area contributed by atoms with E-state index in [0.29, 0.717) is 0 Å². The molecule has 1 rings (SSSR count). The number of alkyl halides is 3. The molecule has 5 nitrogen and oxygen atoms in total. The van der Waals surface area contributed by atoms with Gasteiger partial charge in [-0.1, -0.05) is 4.49 Å². The summed E-state index contributed by atoms with van der Waals surface area (Å²) in [7, 11) is 0. The Morgan fingerprint density at radius 2 is 2.36 bits per heavy atom. The second kappa shape index (κ2) is 4.33. The van der Waals surface area contributed by atoms with Crippen molar-refractivity contribution in [3.63, 3.8) is 0 Å². The van der Waals surface area contributed by atoms with Crippen LogP contribution in [0.3, 0.4) is 0 Å². The lowest BCUT2D eigenvalue weighted by atomic mass is 10.5. The molecule has 9 heteroatoms. The van der Waals surface area contributed by atoms with Gasteiger partial charge < -0.3 is 0 Å². The van der Waals surface area contributed by atoms with Crippen LogP contribution in [0.25, 0.3) is 0 Å². The van der Waals surface area contributed by atoms with E-state index in [4.69, 9.17) is 0 Å². The molecular formula is C5H4F3N3O2S. The normalized spacial score (nSPS) is 11.4. The molecule has 1 amide bonds. The minimum Gasteiger partial charge on any atom is -0.265 e. The molecule has 1 aromatic rings. The fourth-order valence-electron chi connectivity index (χ4n) is 0.499. The number of nitrogens with zero attached hydrogens (tertiary/aromatic N) is 2. The molecule has 0 saturated heterocycles. The number of hydrogen-bond donors (Lipinski definition) is 1. The first kappa shape index (κ1) is 10.9. The molecule has 1 N–H and O–H groups in total. The van der Waals surface area contributed by atoms with E-state index in [1.165, 1.54) is 5.38 Å². The van der Waals surface area contributed by atoms with Gasteiger partial charge in [0.25, 0.3) is 5.91 Å². The number of hydrogen-bond acceptors (Lipinski definition) is 5. The molecule has 0 spiro atoms. The van der Waals surface area contributed by atoms with Gasteiger partial charge in [0.1, 0.15) is 0 Å². The molecule has 0 atom stereocenters. The molecule has 0 aliphatic carbocycles. The van der Waals surface area contributed by atoms with Crippen molar-refractivity contribution in [3.05, 3.63) is 11.1 Å². The molecule has 0 fully saturated rings. The monoisotopic (exact) mass is 227 g/mol. The highest BCUT2D eigenvalue weighted by molar-refractivity contribution is 7.03. The van der Waals surface area contributed by atoms with E-state index in [1.54, 1.807) is 5.48 Å². The number of rotatable bonds is 3. The van der Waals surface area contributed by atoms with Gasteiger partial charge in [-0.15, -0.1) is 5.10 Å². The summed E-state index contributed by atoms with van der Waals surface area (Å²) in [6, 6.07) is 0. The highest BCUT2D eigenvalue weighted by Gasteiger charge is 2.28. The van der Waals surface area contributed by atoms with Crippen LogP contribution in [0, 0.1) is 0 Å². The Labute approximate surface area is 80.0 Å². The van der Waals surface area contributed by atoms with Crippen LogP contribution in [0.2, 0.25) is 0 Å². The van der Waals surface area contributed by atoms with Gasteiger partial charge in [0.05, 0.1) is 0 Å². The highest BCUT2D eigenvalue weighted by Crippen LogP contribution is 2.13. The Bertz CT molecular complexity index is 300. The molecule has 1 heterocycles. The number of halogens is 3. The fourth-order valence-corrected chi connectivity index (χ4v) is 0.936. The van der Waals surface area contributed by atoms with E-state index < -0.39 is 18.7 Å². The minimum absolute atomic E-state index is 0.0859. The van der Waals surface area contributed by atoms with Crippen molar-refractivity contribution in [3.8, 4) is 0 Å². The van der Waals surface area contributed by atoms with Crippen molar-refractivity contribution in [1.82, 2.24) is 15.1 Å². The van der Waals surface area contributed by atoms with Gasteiger partial charge in [-0.2, -0.15) is 13.2 Å². The Morgan fingerprint density at radius 1 is 1.64 bits per heavy atom. The lowest BCUT2D eigenvalue weighted by molar-refractivity contribution is -0.184. The maximum Gasteiger partial charge on any atom is 0.414 e. The van der Waals surface area contributed by atoms with Crippen molar-refractivity contribution in [2.24, 2.45) is 0 Å². The molecule has 0 saturated carbocycles. The molecule has 0 aliphatic heterocycles. The van der Waals surface area contributed by atoms with Crippen molar-refractivity contribution >= 4 is 17.4 Å². The number of aromatic nitrogens is 2. The van der Waals surface area contributed by atoms with Crippen molar-refractivity contribution in [1.29, 1.82) is 0 Å². The lowest BCUT2D eigenvalue weighted by Crippen LogP contribution is -2.29. The van der Waals surface area contributed by atoms with Gasteiger partial charge >= 0.3 is 6.18 Å². The summed E-state index contributed by atoms with van der Waals surface area (Å²) in [5.74, 6) is -0.858. The zero-order valence-electron chi connectivity index (χ0n) is 6.54. The van der Waals surface area contributed by atoms with E-state index in [0.717, 1.165) is 11.5 Å². The lowest BCUT2D eigenvalue weighted by Gasteiger charge is -2.06. The highest BCUT2D eigenvalue weighted by atomic mass is 32.1. The number of hydroxylamine groups is 1. The first-order valence-corrected chi connectivity index (χ1v) is 4.08.